The lowest BCUT2D eigenvalue weighted by atomic mass is 10.2. The highest BCUT2D eigenvalue weighted by atomic mass is 32.2. The highest BCUT2D eigenvalue weighted by molar-refractivity contribution is 7.92. The Labute approximate surface area is 137 Å². The maximum Gasteiger partial charge on any atom is 0.387 e. The average Bonchev–Trinajstić information content (AvgIpc) is 2.47. The fourth-order valence-corrected chi connectivity index (χ4v) is 2.47. The van der Waals surface area contributed by atoms with Crippen molar-refractivity contribution in [3.8, 4) is 5.75 Å². The van der Waals surface area contributed by atoms with Crippen molar-refractivity contribution >= 4 is 27.3 Å². The van der Waals surface area contributed by atoms with Gasteiger partial charge < -0.3 is 10.1 Å². The third-order valence-electron chi connectivity index (χ3n) is 2.79. The van der Waals surface area contributed by atoms with Gasteiger partial charge in [-0.05, 0) is 30.3 Å². The van der Waals surface area contributed by atoms with Crippen molar-refractivity contribution in [3.05, 3.63) is 54.1 Å². The van der Waals surface area contributed by atoms with Crippen LogP contribution in [0, 0.1) is 0 Å². The Morgan fingerprint density at radius 1 is 1.08 bits per heavy atom. The van der Waals surface area contributed by atoms with Gasteiger partial charge in [-0.3, -0.25) is 9.52 Å². The number of para-hydroxylation sites is 2. The topological polar surface area (TPSA) is 84.5 Å². The Bertz CT molecular complexity index is 841. The van der Waals surface area contributed by atoms with Gasteiger partial charge in [0.2, 0.25) is 10.0 Å². The molecule has 2 aromatic rings. The third kappa shape index (κ3) is 5.20. The van der Waals surface area contributed by atoms with Gasteiger partial charge in [0.1, 0.15) is 5.75 Å². The SMILES string of the molecule is CS(=O)(=O)Nc1ccccc1NC(=O)c1cccc(OC(F)F)c1. The van der Waals surface area contributed by atoms with E-state index in [1.807, 2.05) is 0 Å². The van der Waals surface area contributed by atoms with Gasteiger partial charge in [-0.15, -0.1) is 0 Å². The van der Waals surface area contributed by atoms with Crippen LogP contribution in [0.1, 0.15) is 10.4 Å². The summed E-state index contributed by atoms with van der Waals surface area (Å²) in [6.07, 6.45) is 0.983. The molecule has 0 saturated carbocycles. The Morgan fingerprint density at radius 2 is 1.75 bits per heavy atom. The first-order valence-electron chi connectivity index (χ1n) is 6.67. The molecule has 0 aliphatic carbocycles. The smallest absolute Gasteiger partial charge is 0.387 e. The summed E-state index contributed by atoms with van der Waals surface area (Å²) >= 11 is 0. The van der Waals surface area contributed by atoms with Gasteiger partial charge in [0.25, 0.3) is 5.91 Å². The fourth-order valence-electron chi connectivity index (χ4n) is 1.89. The number of alkyl halides is 2. The van der Waals surface area contributed by atoms with Crippen molar-refractivity contribution < 1.29 is 26.7 Å². The summed E-state index contributed by atoms with van der Waals surface area (Å²) in [5.74, 6) is -0.752. The van der Waals surface area contributed by atoms with Crippen LogP contribution in [0.25, 0.3) is 0 Å². The minimum atomic E-state index is -3.52. The van der Waals surface area contributed by atoms with Crippen molar-refractivity contribution in [1.82, 2.24) is 0 Å². The third-order valence-corrected chi connectivity index (χ3v) is 3.38. The number of carbonyl (C=O) groups excluding carboxylic acids is 1. The highest BCUT2D eigenvalue weighted by Crippen LogP contribution is 2.23. The van der Waals surface area contributed by atoms with Crippen molar-refractivity contribution in [2.24, 2.45) is 0 Å². The van der Waals surface area contributed by atoms with Crippen LogP contribution >= 0.6 is 0 Å². The maximum absolute atomic E-state index is 12.2. The minimum absolute atomic E-state index is 0.0855. The molecule has 0 saturated heterocycles. The number of hydrogen-bond acceptors (Lipinski definition) is 4. The second-order valence-electron chi connectivity index (χ2n) is 4.78. The molecule has 2 aromatic carbocycles. The van der Waals surface area contributed by atoms with Gasteiger partial charge in [0.15, 0.2) is 0 Å². The van der Waals surface area contributed by atoms with Crippen LogP contribution in [-0.2, 0) is 10.0 Å². The zero-order valence-corrected chi connectivity index (χ0v) is 13.3. The zero-order valence-electron chi connectivity index (χ0n) is 12.5. The van der Waals surface area contributed by atoms with E-state index in [1.165, 1.54) is 30.3 Å². The van der Waals surface area contributed by atoms with Gasteiger partial charge >= 0.3 is 6.61 Å². The van der Waals surface area contributed by atoms with E-state index in [2.05, 4.69) is 14.8 Å². The summed E-state index contributed by atoms with van der Waals surface area (Å²) < 4.78 is 53.7. The molecule has 0 heterocycles. The number of amides is 1. The van der Waals surface area contributed by atoms with Crippen LogP contribution < -0.4 is 14.8 Å². The van der Waals surface area contributed by atoms with Crippen LogP contribution in [0.5, 0.6) is 5.75 Å². The number of nitrogens with one attached hydrogen (secondary N) is 2. The van der Waals surface area contributed by atoms with Crippen molar-refractivity contribution in [3.63, 3.8) is 0 Å². The molecule has 1 amide bonds. The first kappa shape index (κ1) is 17.7. The number of benzene rings is 2. The van der Waals surface area contributed by atoms with Crippen LogP contribution in [0.4, 0.5) is 20.2 Å². The van der Waals surface area contributed by atoms with E-state index in [0.29, 0.717) is 0 Å². The molecule has 0 aliphatic heterocycles. The highest BCUT2D eigenvalue weighted by Gasteiger charge is 2.13. The molecular weight excluding hydrogens is 342 g/mol. The summed E-state index contributed by atoms with van der Waals surface area (Å²) in [6.45, 7) is -3.00. The number of sulfonamides is 1. The second kappa shape index (κ2) is 7.26. The first-order valence-corrected chi connectivity index (χ1v) is 8.57. The number of carbonyl (C=O) groups is 1. The number of anilines is 2. The normalized spacial score (nSPS) is 11.2. The molecule has 0 atom stereocenters. The van der Waals surface area contributed by atoms with Crippen molar-refractivity contribution in [2.75, 3.05) is 16.3 Å². The van der Waals surface area contributed by atoms with E-state index in [4.69, 9.17) is 0 Å². The van der Waals surface area contributed by atoms with Gasteiger partial charge in [0.05, 0.1) is 17.6 Å². The summed E-state index contributed by atoms with van der Waals surface area (Å²) in [5, 5.41) is 2.52. The Hall–Kier alpha value is -2.68. The lowest BCUT2D eigenvalue weighted by Crippen LogP contribution is -2.16. The quantitative estimate of drug-likeness (QED) is 0.833. The lowest BCUT2D eigenvalue weighted by molar-refractivity contribution is -0.0498. The van der Waals surface area contributed by atoms with Crippen LogP contribution in [0.15, 0.2) is 48.5 Å². The molecular formula is C15H14F2N2O4S. The standard InChI is InChI=1S/C15H14F2N2O4S/c1-24(21,22)19-13-8-3-2-7-12(13)18-14(20)10-5-4-6-11(9-10)23-15(16)17/h2-9,15,19H,1H3,(H,18,20). The molecule has 0 unspecified atom stereocenters. The van der Waals surface area contributed by atoms with Gasteiger partial charge in [0, 0.05) is 5.56 Å². The largest absolute Gasteiger partial charge is 0.435 e. The zero-order chi connectivity index (χ0) is 17.7. The van der Waals surface area contributed by atoms with E-state index in [0.717, 1.165) is 12.3 Å². The Morgan fingerprint density at radius 3 is 2.38 bits per heavy atom. The number of hydrogen-bond donors (Lipinski definition) is 2. The van der Waals surface area contributed by atoms with E-state index >= 15 is 0 Å². The molecule has 6 nitrogen and oxygen atoms in total. The number of ether oxygens (including phenoxy) is 1. The van der Waals surface area contributed by atoms with Crippen LogP contribution in [-0.4, -0.2) is 27.2 Å². The van der Waals surface area contributed by atoms with Crippen molar-refractivity contribution in [2.45, 2.75) is 6.61 Å². The van der Waals surface area contributed by atoms with Gasteiger partial charge in [-0.2, -0.15) is 8.78 Å². The molecule has 24 heavy (non-hydrogen) atoms. The maximum atomic E-state index is 12.2. The first-order chi connectivity index (χ1) is 11.2. The van der Waals surface area contributed by atoms with Gasteiger partial charge in [-0.1, -0.05) is 18.2 Å². The molecule has 0 radical (unpaired) electrons. The Kier molecular flexibility index (Phi) is 5.35. The molecule has 0 aliphatic rings. The Balaban J connectivity index is 2.21. The van der Waals surface area contributed by atoms with E-state index in [1.54, 1.807) is 12.1 Å². The summed E-state index contributed by atoms with van der Waals surface area (Å²) in [4.78, 5) is 12.2. The molecule has 0 spiro atoms. The van der Waals surface area contributed by atoms with Crippen LogP contribution in [0.3, 0.4) is 0 Å². The van der Waals surface area contributed by atoms with Gasteiger partial charge in [-0.25, -0.2) is 8.42 Å². The molecule has 2 N–H and O–H groups in total. The minimum Gasteiger partial charge on any atom is -0.435 e. The predicted octanol–water partition coefficient (Wildman–Crippen LogP) is 2.91. The fraction of sp³-hybridized carbons (Fsp3) is 0.133. The number of halogens is 2. The molecule has 0 aromatic heterocycles. The predicted molar refractivity (Wildman–Crippen MR) is 85.9 cm³/mol. The molecule has 2 rings (SSSR count). The summed E-state index contributed by atoms with van der Waals surface area (Å²) in [6, 6.07) is 11.5. The lowest BCUT2D eigenvalue weighted by Gasteiger charge is -2.12. The van der Waals surface area contributed by atoms with E-state index < -0.39 is 22.5 Å². The summed E-state index contributed by atoms with van der Waals surface area (Å²) in [7, 11) is -3.52. The number of rotatable bonds is 6. The monoisotopic (exact) mass is 356 g/mol. The summed E-state index contributed by atoms with van der Waals surface area (Å²) in [5.41, 5.74) is 0.503. The van der Waals surface area contributed by atoms with E-state index in [-0.39, 0.29) is 22.7 Å². The molecule has 128 valence electrons. The molecule has 0 bridgehead atoms. The average molecular weight is 356 g/mol. The molecule has 0 fully saturated rings. The second-order valence-corrected chi connectivity index (χ2v) is 6.53. The van der Waals surface area contributed by atoms with Crippen LogP contribution in [0.2, 0.25) is 0 Å². The van der Waals surface area contributed by atoms with Crippen molar-refractivity contribution in [1.29, 1.82) is 0 Å². The molecule has 9 heteroatoms. The van der Waals surface area contributed by atoms with E-state index in [9.17, 15) is 22.0 Å².